The summed E-state index contributed by atoms with van der Waals surface area (Å²) in [5, 5.41) is 3.30. The number of rotatable bonds is 5. The zero-order chi connectivity index (χ0) is 15.4. The van der Waals surface area contributed by atoms with Gasteiger partial charge in [-0.1, -0.05) is 37.6 Å². The topological polar surface area (TPSA) is 21.3 Å². The van der Waals surface area contributed by atoms with Gasteiger partial charge in [0.15, 0.2) is 11.6 Å². The molecule has 0 fully saturated rings. The second-order valence-electron chi connectivity index (χ2n) is 4.94. The van der Waals surface area contributed by atoms with Crippen molar-refractivity contribution in [3.8, 4) is 11.5 Å². The molecule has 0 aromatic heterocycles. The average molecular weight is 312 g/mol. The van der Waals surface area contributed by atoms with Crippen LogP contribution in [0.4, 0.5) is 8.78 Å². The highest BCUT2D eigenvalue weighted by Crippen LogP contribution is 2.33. The van der Waals surface area contributed by atoms with Gasteiger partial charge in [0.2, 0.25) is 0 Å². The van der Waals surface area contributed by atoms with Crippen LogP contribution in [0.1, 0.15) is 19.4 Å². The summed E-state index contributed by atoms with van der Waals surface area (Å²) in [6.07, 6.45) is 0. The first-order valence-electron chi connectivity index (χ1n) is 6.61. The molecule has 2 nitrogen and oxygen atoms in total. The van der Waals surface area contributed by atoms with Crippen molar-refractivity contribution in [2.24, 2.45) is 0 Å². The van der Waals surface area contributed by atoms with Crippen LogP contribution in [0.3, 0.4) is 0 Å². The maximum atomic E-state index is 14.0. The third-order valence-corrected chi connectivity index (χ3v) is 3.15. The highest BCUT2D eigenvalue weighted by Gasteiger charge is 2.13. The molecule has 0 aliphatic heterocycles. The molecule has 2 rings (SSSR count). The van der Waals surface area contributed by atoms with Crippen molar-refractivity contribution in [1.29, 1.82) is 0 Å². The minimum atomic E-state index is -0.488. The number of hydrogen-bond acceptors (Lipinski definition) is 2. The zero-order valence-electron chi connectivity index (χ0n) is 11.8. The monoisotopic (exact) mass is 311 g/mol. The van der Waals surface area contributed by atoms with Gasteiger partial charge >= 0.3 is 0 Å². The van der Waals surface area contributed by atoms with E-state index in [0.29, 0.717) is 12.1 Å². The lowest BCUT2D eigenvalue weighted by molar-refractivity contribution is 0.431. The van der Waals surface area contributed by atoms with E-state index in [9.17, 15) is 8.78 Å². The fourth-order valence-electron chi connectivity index (χ4n) is 1.79. The van der Waals surface area contributed by atoms with Crippen LogP contribution in [0.5, 0.6) is 11.5 Å². The van der Waals surface area contributed by atoms with Gasteiger partial charge in [-0.25, -0.2) is 8.78 Å². The number of para-hydroxylation sites is 1. The minimum Gasteiger partial charge on any atom is -0.452 e. The smallest absolute Gasteiger partial charge is 0.167 e. The molecule has 1 N–H and O–H groups in total. The molecule has 0 radical (unpaired) electrons. The third kappa shape index (κ3) is 4.16. The maximum absolute atomic E-state index is 14.0. The van der Waals surface area contributed by atoms with Crippen molar-refractivity contribution >= 4 is 11.6 Å². The molecule has 0 heterocycles. The van der Waals surface area contributed by atoms with Crippen LogP contribution in [-0.4, -0.2) is 6.04 Å². The van der Waals surface area contributed by atoms with Crippen LogP contribution in [0, 0.1) is 11.6 Å². The summed E-state index contributed by atoms with van der Waals surface area (Å²) in [5.41, 5.74) is 0.670. The molecule has 0 amide bonds. The van der Waals surface area contributed by atoms with Gasteiger partial charge in [-0.15, -0.1) is 0 Å². The van der Waals surface area contributed by atoms with E-state index in [4.69, 9.17) is 16.3 Å². The molecular formula is C16H16ClF2NO. The van der Waals surface area contributed by atoms with Gasteiger partial charge in [0, 0.05) is 18.2 Å². The second-order valence-corrected chi connectivity index (χ2v) is 5.35. The molecule has 112 valence electrons. The summed E-state index contributed by atoms with van der Waals surface area (Å²) in [7, 11) is 0. The summed E-state index contributed by atoms with van der Waals surface area (Å²) in [5.74, 6) is -0.644. The van der Waals surface area contributed by atoms with Crippen molar-refractivity contribution in [1.82, 2.24) is 5.32 Å². The van der Waals surface area contributed by atoms with Gasteiger partial charge in [-0.3, -0.25) is 0 Å². The Balaban J connectivity index is 2.29. The van der Waals surface area contributed by atoms with E-state index in [1.165, 1.54) is 18.2 Å². The minimum absolute atomic E-state index is 0.0964. The number of nitrogens with one attached hydrogen (secondary N) is 1. The Labute approximate surface area is 127 Å². The Morgan fingerprint density at radius 3 is 2.62 bits per heavy atom. The van der Waals surface area contributed by atoms with Crippen molar-refractivity contribution in [3.05, 3.63) is 58.6 Å². The predicted octanol–water partition coefficient (Wildman–Crippen LogP) is 4.91. The Bertz CT molecular complexity index is 632. The molecule has 21 heavy (non-hydrogen) atoms. The van der Waals surface area contributed by atoms with Crippen LogP contribution >= 0.6 is 11.6 Å². The van der Waals surface area contributed by atoms with E-state index < -0.39 is 11.6 Å². The number of benzene rings is 2. The standard InChI is InChI=1S/C16H16ClF2NO/c1-10(2)20-9-11-4-3-5-14(19)16(11)21-15-7-6-12(18)8-13(15)17/h3-8,10,20H,9H2,1-2H3. The number of hydrogen-bond donors (Lipinski definition) is 1. The van der Waals surface area contributed by atoms with Crippen molar-refractivity contribution in [3.63, 3.8) is 0 Å². The van der Waals surface area contributed by atoms with E-state index in [1.807, 2.05) is 13.8 Å². The first-order valence-corrected chi connectivity index (χ1v) is 6.99. The van der Waals surface area contributed by atoms with Crippen LogP contribution < -0.4 is 10.1 Å². The van der Waals surface area contributed by atoms with Crippen molar-refractivity contribution < 1.29 is 13.5 Å². The Morgan fingerprint density at radius 1 is 1.19 bits per heavy atom. The quantitative estimate of drug-likeness (QED) is 0.847. The largest absolute Gasteiger partial charge is 0.452 e. The van der Waals surface area contributed by atoms with Gasteiger partial charge in [0.05, 0.1) is 5.02 Å². The number of halogens is 3. The molecule has 2 aromatic carbocycles. The van der Waals surface area contributed by atoms with Gasteiger partial charge in [0.25, 0.3) is 0 Å². The Kier molecular flexibility index (Phi) is 5.15. The molecule has 5 heteroatoms. The summed E-state index contributed by atoms with van der Waals surface area (Å²) >= 11 is 5.91. The molecule has 0 spiro atoms. The van der Waals surface area contributed by atoms with E-state index in [2.05, 4.69) is 5.32 Å². The van der Waals surface area contributed by atoms with E-state index in [0.717, 1.165) is 6.07 Å². The average Bonchev–Trinajstić information content (AvgIpc) is 2.42. The fraction of sp³-hybridized carbons (Fsp3) is 0.250. The van der Waals surface area contributed by atoms with E-state index in [1.54, 1.807) is 12.1 Å². The van der Waals surface area contributed by atoms with Crippen LogP contribution in [-0.2, 0) is 6.54 Å². The lowest BCUT2D eigenvalue weighted by Gasteiger charge is -2.15. The Hall–Kier alpha value is -1.65. The lowest BCUT2D eigenvalue weighted by atomic mass is 10.2. The molecule has 0 saturated carbocycles. The highest BCUT2D eigenvalue weighted by molar-refractivity contribution is 6.32. The molecule has 0 atom stereocenters. The molecule has 0 bridgehead atoms. The van der Waals surface area contributed by atoms with Gasteiger partial charge in [-0.05, 0) is 24.3 Å². The van der Waals surface area contributed by atoms with Gasteiger partial charge in [-0.2, -0.15) is 0 Å². The first-order chi connectivity index (χ1) is 9.97. The highest BCUT2D eigenvalue weighted by atomic mass is 35.5. The molecular weight excluding hydrogens is 296 g/mol. The summed E-state index contributed by atoms with van der Waals surface area (Å²) in [6, 6.07) is 8.68. The zero-order valence-corrected chi connectivity index (χ0v) is 12.5. The molecule has 0 aliphatic carbocycles. The summed E-state index contributed by atoms with van der Waals surface area (Å²) in [4.78, 5) is 0. The third-order valence-electron chi connectivity index (χ3n) is 2.86. The fourth-order valence-corrected chi connectivity index (χ4v) is 1.99. The first kappa shape index (κ1) is 15.7. The summed E-state index contributed by atoms with van der Waals surface area (Å²) in [6.45, 7) is 4.46. The second kappa shape index (κ2) is 6.87. The van der Waals surface area contributed by atoms with Crippen LogP contribution in [0.2, 0.25) is 5.02 Å². The molecule has 0 unspecified atom stereocenters. The Morgan fingerprint density at radius 2 is 1.95 bits per heavy atom. The maximum Gasteiger partial charge on any atom is 0.167 e. The van der Waals surface area contributed by atoms with Crippen LogP contribution in [0.15, 0.2) is 36.4 Å². The molecule has 0 aliphatic rings. The molecule has 0 saturated heterocycles. The number of ether oxygens (including phenoxy) is 1. The van der Waals surface area contributed by atoms with Crippen molar-refractivity contribution in [2.75, 3.05) is 0 Å². The van der Waals surface area contributed by atoms with Crippen LogP contribution in [0.25, 0.3) is 0 Å². The summed E-state index contributed by atoms with van der Waals surface area (Å²) < 4.78 is 32.6. The van der Waals surface area contributed by atoms with Gasteiger partial charge in [0.1, 0.15) is 11.6 Å². The normalized spacial score (nSPS) is 11.0. The van der Waals surface area contributed by atoms with E-state index >= 15 is 0 Å². The predicted molar refractivity (Wildman–Crippen MR) is 79.9 cm³/mol. The van der Waals surface area contributed by atoms with Gasteiger partial charge < -0.3 is 10.1 Å². The SMILES string of the molecule is CC(C)NCc1cccc(F)c1Oc1ccc(F)cc1Cl. The molecule has 2 aromatic rings. The lowest BCUT2D eigenvalue weighted by Crippen LogP contribution is -2.22. The van der Waals surface area contributed by atoms with E-state index in [-0.39, 0.29) is 22.6 Å². The van der Waals surface area contributed by atoms with Crippen molar-refractivity contribution in [2.45, 2.75) is 26.4 Å².